The van der Waals surface area contributed by atoms with Gasteiger partial charge in [0.05, 0.1) is 27.3 Å². The van der Waals surface area contributed by atoms with Gasteiger partial charge in [-0.25, -0.2) is 0 Å². The summed E-state index contributed by atoms with van der Waals surface area (Å²) in [7, 11) is 4.68. The number of methoxy groups -OCH3 is 3. The van der Waals surface area contributed by atoms with Crippen LogP contribution < -0.4 is 9.47 Å². The van der Waals surface area contributed by atoms with Crippen molar-refractivity contribution in [3.63, 3.8) is 0 Å². The maximum absolute atomic E-state index is 13.3. The molecule has 0 N–H and O–H groups in total. The van der Waals surface area contributed by atoms with Crippen LogP contribution in [0.5, 0.6) is 11.5 Å². The van der Waals surface area contributed by atoms with Crippen LogP contribution in [0.1, 0.15) is 23.8 Å². The number of carbonyl (C=O) groups is 2. The van der Waals surface area contributed by atoms with E-state index in [1.807, 2.05) is 42.6 Å². The van der Waals surface area contributed by atoms with Crippen LogP contribution in [0, 0.1) is 0 Å². The highest BCUT2D eigenvalue weighted by Crippen LogP contribution is 2.27. The minimum Gasteiger partial charge on any atom is -0.493 e. The van der Waals surface area contributed by atoms with Crippen molar-refractivity contribution in [1.29, 1.82) is 0 Å². The Balaban J connectivity index is 2.11. The average Bonchev–Trinajstić information content (AvgIpc) is 3.36. The zero-order valence-electron chi connectivity index (χ0n) is 20.6. The summed E-state index contributed by atoms with van der Waals surface area (Å²) in [6.07, 6.45) is 1.31. The maximum atomic E-state index is 13.3. The van der Waals surface area contributed by atoms with E-state index in [-0.39, 0.29) is 25.0 Å². The van der Waals surface area contributed by atoms with Crippen LogP contribution in [-0.2, 0) is 32.0 Å². The number of ether oxygens (including phenoxy) is 4. The third kappa shape index (κ3) is 8.96. The third-order valence-corrected chi connectivity index (χ3v) is 6.13. The molecule has 0 saturated carbocycles. The van der Waals surface area contributed by atoms with E-state index in [1.165, 1.54) is 7.11 Å². The molecule has 0 spiro atoms. The molecule has 0 atom stereocenters. The van der Waals surface area contributed by atoms with Crippen molar-refractivity contribution in [2.75, 3.05) is 60.8 Å². The molecule has 0 radical (unpaired) electrons. The van der Waals surface area contributed by atoms with E-state index in [0.29, 0.717) is 57.2 Å². The number of amides is 2. The predicted octanol–water partition coefficient (Wildman–Crippen LogP) is 3.24. The van der Waals surface area contributed by atoms with Crippen molar-refractivity contribution < 1.29 is 28.5 Å². The number of carbonyl (C=O) groups excluding carboxylic acids is 2. The first kappa shape index (κ1) is 27.6. The van der Waals surface area contributed by atoms with Crippen LogP contribution in [0.3, 0.4) is 0 Å². The van der Waals surface area contributed by atoms with Gasteiger partial charge in [0.1, 0.15) is 6.61 Å². The average molecular weight is 493 g/mol. The fourth-order valence-corrected chi connectivity index (χ4v) is 4.17. The second kappa shape index (κ2) is 15.3. The molecule has 2 amide bonds. The lowest BCUT2D eigenvalue weighted by atomic mass is 10.1. The first-order valence-corrected chi connectivity index (χ1v) is 12.3. The van der Waals surface area contributed by atoms with Crippen LogP contribution >= 0.6 is 11.3 Å². The van der Waals surface area contributed by atoms with E-state index in [4.69, 9.17) is 18.9 Å². The van der Waals surface area contributed by atoms with Crippen molar-refractivity contribution >= 4 is 23.2 Å². The van der Waals surface area contributed by atoms with E-state index in [1.54, 1.807) is 35.4 Å². The van der Waals surface area contributed by atoms with Crippen molar-refractivity contribution in [2.24, 2.45) is 0 Å². The molecule has 0 unspecified atom stereocenters. The molecule has 0 bridgehead atoms. The molecule has 8 nitrogen and oxygen atoms in total. The van der Waals surface area contributed by atoms with Crippen LogP contribution in [0.25, 0.3) is 0 Å². The van der Waals surface area contributed by atoms with Gasteiger partial charge in [-0.3, -0.25) is 9.59 Å². The molecule has 2 aromatic rings. The van der Waals surface area contributed by atoms with Gasteiger partial charge in [0, 0.05) is 38.3 Å². The van der Waals surface area contributed by atoms with Gasteiger partial charge in [-0.2, -0.15) is 0 Å². The van der Waals surface area contributed by atoms with Gasteiger partial charge in [-0.05, 0) is 48.9 Å². The molecule has 0 aliphatic heterocycles. The number of nitrogens with zero attached hydrogens (tertiary/aromatic N) is 2. The molecule has 34 heavy (non-hydrogen) atoms. The summed E-state index contributed by atoms with van der Waals surface area (Å²) in [5.74, 6) is 1.01. The van der Waals surface area contributed by atoms with Gasteiger partial charge < -0.3 is 28.7 Å². The van der Waals surface area contributed by atoms with Gasteiger partial charge in [0.25, 0.3) is 0 Å². The molecule has 1 aromatic carbocycles. The second-order valence-electron chi connectivity index (χ2n) is 7.63. The zero-order chi connectivity index (χ0) is 24.8. The highest BCUT2D eigenvalue weighted by molar-refractivity contribution is 7.09. The monoisotopic (exact) mass is 492 g/mol. The highest BCUT2D eigenvalue weighted by atomic mass is 32.1. The zero-order valence-corrected chi connectivity index (χ0v) is 21.4. The quantitative estimate of drug-likeness (QED) is 0.335. The summed E-state index contributed by atoms with van der Waals surface area (Å²) in [6, 6.07) is 9.74. The predicted molar refractivity (Wildman–Crippen MR) is 133 cm³/mol. The van der Waals surface area contributed by atoms with Gasteiger partial charge in [-0.15, -0.1) is 11.3 Å². The Hall–Kier alpha value is -2.62. The fourth-order valence-electron chi connectivity index (χ4n) is 3.45. The maximum Gasteiger partial charge on any atom is 0.249 e. The lowest BCUT2D eigenvalue weighted by Gasteiger charge is -2.27. The number of benzene rings is 1. The Morgan fingerprint density at radius 2 is 1.76 bits per heavy atom. The number of rotatable bonds is 16. The molecule has 9 heteroatoms. The molecule has 2 rings (SSSR count). The van der Waals surface area contributed by atoms with Gasteiger partial charge in [0.15, 0.2) is 11.5 Å². The minimum atomic E-state index is -0.205. The first-order valence-electron chi connectivity index (χ1n) is 11.4. The normalized spacial score (nSPS) is 10.7. The molecule has 0 aliphatic carbocycles. The first-order chi connectivity index (χ1) is 16.5. The summed E-state index contributed by atoms with van der Waals surface area (Å²) < 4.78 is 21.1. The number of hydrogen-bond donors (Lipinski definition) is 0. The molecule has 188 valence electrons. The Bertz CT molecular complexity index is 874. The lowest BCUT2D eigenvalue weighted by Crippen LogP contribution is -2.45. The van der Waals surface area contributed by atoms with Crippen LogP contribution in [0.4, 0.5) is 0 Å². The topological polar surface area (TPSA) is 77.5 Å². The fraction of sp³-hybridized carbons (Fsp3) is 0.520. The largest absolute Gasteiger partial charge is 0.493 e. The minimum absolute atomic E-state index is 0.00558. The van der Waals surface area contributed by atoms with E-state index >= 15 is 0 Å². The molecule has 1 aromatic heterocycles. The van der Waals surface area contributed by atoms with E-state index in [0.717, 1.165) is 10.4 Å². The van der Waals surface area contributed by atoms with Crippen LogP contribution in [-0.4, -0.2) is 82.4 Å². The summed E-state index contributed by atoms with van der Waals surface area (Å²) in [5.41, 5.74) is 1.03. The number of thiophene rings is 1. The molecule has 0 saturated heterocycles. The smallest absolute Gasteiger partial charge is 0.249 e. The standard InChI is InChI=1S/C25H36N2O6S/c1-5-33-14-7-12-26(25(29)19-30-2)18-24(28)27(17-21-8-6-15-34-21)13-11-20-9-10-22(31-3)23(16-20)32-4/h6,8-10,15-16H,5,7,11-14,17-19H2,1-4H3. The second-order valence-corrected chi connectivity index (χ2v) is 8.67. The summed E-state index contributed by atoms with van der Waals surface area (Å²) in [5, 5.41) is 1.99. The Morgan fingerprint density at radius 1 is 0.971 bits per heavy atom. The molecule has 0 fully saturated rings. The van der Waals surface area contributed by atoms with Crippen LogP contribution in [0.15, 0.2) is 35.7 Å². The molecular formula is C25H36N2O6S. The summed E-state index contributed by atoms with van der Waals surface area (Å²) in [6.45, 7) is 4.49. The lowest BCUT2D eigenvalue weighted by molar-refractivity contribution is -0.143. The van der Waals surface area contributed by atoms with Gasteiger partial charge in [0.2, 0.25) is 11.8 Å². The van der Waals surface area contributed by atoms with Crippen molar-refractivity contribution in [1.82, 2.24) is 9.80 Å². The van der Waals surface area contributed by atoms with Crippen molar-refractivity contribution in [2.45, 2.75) is 26.3 Å². The molecule has 1 heterocycles. The summed E-state index contributed by atoms with van der Waals surface area (Å²) in [4.78, 5) is 30.4. The highest BCUT2D eigenvalue weighted by Gasteiger charge is 2.22. The molecular weight excluding hydrogens is 456 g/mol. The van der Waals surface area contributed by atoms with Gasteiger partial charge in [-0.1, -0.05) is 12.1 Å². The SMILES string of the molecule is CCOCCCN(CC(=O)N(CCc1ccc(OC)c(OC)c1)Cc1cccs1)C(=O)COC. The Morgan fingerprint density at radius 3 is 2.41 bits per heavy atom. The van der Waals surface area contributed by atoms with Crippen LogP contribution in [0.2, 0.25) is 0 Å². The Labute approximate surface area is 206 Å². The van der Waals surface area contributed by atoms with Gasteiger partial charge >= 0.3 is 0 Å². The van der Waals surface area contributed by atoms with E-state index in [2.05, 4.69) is 0 Å². The third-order valence-electron chi connectivity index (χ3n) is 5.27. The van der Waals surface area contributed by atoms with Crippen molar-refractivity contribution in [3.05, 3.63) is 46.2 Å². The van der Waals surface area contributed by atoms with Crippen molar-refractivity contribution in [3.8, 4) is 11.5 Å². The summed E-state index contributed by atoms with van der Waals surface area (Å²) >= 11 is 1.61. The Kier molecular flexibility index (Phi) is 12.4. The number of hydrogen-bond acceptors (Lipinski definition) is 7. The molecule has 0 aliphatic rings. The van der Waals surface area contributed by atoms with E-state index in [9.17, 15) is 9.59 Å². The van der Waals surface area contributed by atoms with E-state index < -0.39 is 0 Å².